The molecule has 0 aliphatic rings. The van der Waals surface area contributed by atoms with E-state index in [2.05, 4.69) is 16.0 Å². The van der Waals surface area contributed by atoms with Crippen LogP contribution in [0.15, 0.2) is 24.3 Å². The Labute approximate surface area is 126 Å². The highest BCUT2D eigenvalue weighted by Gasteiger charge is 2.18. The zero-order valence-corrected chi connectivity index (χ0v) is 13.4. The van der Waals surface area contributed by atoms with Crippen LogP contribution >= 0.6 is 0 Å². The molecule has 1 aromatic rings. The highest BCUT2D eigenvalue weighted by molar-refractivity contribution is 5.93. The first-order chi connectivity index (χ1) is 9.73. The fourth-order valence-corrected chi connectivity index (χ4v) is 1.76. The molecule has 21 heavy (non-hydrogen) atoms. The van der Waals surface area contributed by atoms with Crippen LogP contribution in [0.1, 0.15) is 43.6 Å². The standard InChI is InChI=1S/C16H25N3O2/c1-11(14(20)19-16(2,3)4)18-10-12-6-8-13(9-7-12)15(21)17-5/h6-9,11,18H,10H2,1-5H3,(H,17,21)(H,19,20). The van der Waals surface area contributed by atoms with E-state index >= 15 is 0 Å². The molecule has 3 N–H and O–H groups in total. The van der Waals surface area contributed by atoms with Gasteiger partial charge in [0.05, 0.1) is 6.04 Å². The average Bonchev–Trinajstić information content (AvgIpc) is 2.42. The Balaban J connectivity index is 2.51. The number of carbonyl (C=O) groups excluding carboxylic acids is 2. The lowest BCUT2D eigenvalue weighted by atomic mass is 10.1. The highest BCUT2D eigenvalue weighted by Crippen LogP contribution is 2.05. The molecule has 0 aliphatic carbocycles. The first-order valence-corrected chi connectivity index (χ1v) is 7.09. The van der Waals surface area contributed by atoms with Crippen molar-refractivity contribution >= 4 is 11.8 Å². The predicted octanol–water partition coefficient (Wildman–Crippen LogP) is 1.44. The summed E-state index contributed by atoms with van der Waals surface area (Å²) in [6.45, 7) is 8.27. The molecule has 0 bridgehead atoms. The lowest BCUT2D eigenvalue weighted by Crippen LogP contribution is -2.49. The first-order valence-electron chi connectivity index (χ1n) is 7.09. The topological polar surface area (TPSA) is 70.2 Å². The van der Waals surface area contributed by atoms with Crippen molar-refractivity contribution in [3.05, 3.63) is 35.4 Å². The Bertz CT molecular complexity index is 489. The van der Waals surface area contributed by atoms with Crippen LogP contribution in [0, 0.1) is 0 Å². The second kappa shape index (κ2) is 7.22. The van der Waals surface area contributed by atoms with E-state index in [-0.39, 0.29) is 23.4 Å². The van der Waals surface area contributed by atoms with Gasteiger partial charge in [0.15, 0.2) is 0 Å². The maximum absolute atomic E-state index is 11.9. The monoisotopic (exact) mass is 291 g/mol. The summed E-state index contributed by atoms with van der Waals surface area (Å²) in [5.74, 6) is -0.128. The maximum atomic E-state index is 11.9. The molecule has 5 nitrogen and oxygen atoms in total. The molecule has 0 fully saturated rings. The number of amides is 2. The highest BCUT2D eigenvalue weighted by atomic mass is 16.2. The van der Waals surface area contributed by atoms with E-state index in [1.54, 1.807) is 19.2 Å². The average molecular weight is 291 g/mol. The summed E-state index contributed by atoms with van der Waals surface area (Å²) >= 11 is 0. The van der Waals surface area contributed by atoms with Gasteiger partial charge in [-0.25, -0.2) is 0 Å². The summed E-state index contributed by atoms with van der Waals surface area (Å²) in [4.78, 5) is 23.4. The van der Waals surface area contributed by atoms with Gasteiger partial charge >= 0.3 is 0 Å². The van der Waals surface area contributed by atoms with Gasteiger partial charge in [-0.15, -0.1) is 0 Å². The van der Waals surface area contributed by atoms with Crippen molar-refractivity contribution in [2.24, 2.45) is 0 Å². The van der Waals surface area contributed by atoms with Gasteiger partial charge in [0.25, 0.3) is 5.91 Å². The fraction of sp³-hybridized carbons (Fsp3) is 0.500. The van der Waals surface area contributed by atoms with E-state index in [0.29, 0.717) is 12.1 Å². The van der Waals surface area contributed by atoms with Crippen LogP contribution < -0.4 is 16.0 Å². The Morgan fingerprint density at radius 1 is 1.14 bits per heavy atom. The molecule has 0 heterocycles. The van der Waals surface area contributed by atoms with Gasteiger partial charge in [0.1, 0.15) is 0 Å². The summed E-state index contributed by atoms with van der Waals surface area (Å²) in [6.07, 6.45) is 0. The number of benzene rings is 1. The predicted molar refractivity (Wildman–Crippen MR) is 84.0 cm³/mol. The molecular weight excluding hydrogens is 266 g/mol. The van der Waals surface area contributed by atoms with Crippen molar-refractivity contribution in [2.45, 2.75) is 45.8 Å². The molecule has 0 radical (unpaired) electrons. The molecule has 116 valence electrons. The van der Waals surface area contributed by atoms with Gasteiger partial charge in [-0.1, -0.05) is 12.1 Å². The molecule has 0 saturated heterocycles. The largest absolute Gasteiger partial charge is 0.355 e. The minimum atomic E-state index is -0.275. The van der Waals surface area contributed by atoms with Crippen molar-refractivity contribution in [1.82, 2.24) is 16.0 Å². The van der Waals surface area contributed by atoms with Crippen molar-refractivity contribution in [2.75, 3.05) is 7.05 Å². The number of nitrogens with one attached hydrogen (secondary N) is 3. The SMILES string of the molecule is CNC(=O)c1ccc(CNC(C)C(=O)NC(C)(C)C)cc1. The molecule has 1 rings (SSSR count). The van der Waals surface area contributed by atoms with Gasteiger partial charge in [0, 0.05) is 24.7 Å². The van der Waals surface area contributed by atoms with Crippen molar-refractivity contribution in [3.8, 4) is 0 Å². The lowest BCUT2D eigenvalue weighted by Gasteiger charge is -2.23. The number of carbonyl (C=O) groups is 2. The van der Waals surface area contributed by atoms with Crippen LogP contribution in [0.3, 0.4) is 0 Å². The Hall–Kier alpha value is -1.88. The Morgan fingerprint density at radius 2 is 1.71 bits per heavy atom. The second-order valence-corrected chi connectivity index (χ2v) is 6.12. The minimum Gasteiger partial charge on any atom is -0.355 e. The van der Waals surface area contributed by atoms with Crippen molar-refractivity contribution in [1.29, 1.82) is 0 Å². The molecule has 1 atom stereocenters. The molecule has 1 aromatic carbocycles. The van der Waals surface area contributed by atoms with Crippen LogP contribution in [0.5, 0.6) is 0 Å². The van der Waals surface area contributed by atoms with E-state index in [1.165, 1.54) is 0 Å². The van der Waals surface area contributed by atoms with Crippen LogP contribution in [0.4, 0.5) is 0 Å². The zero-order valence-electron chi connectivity index (χ0n) is 13.4. The fourth-order valence-electron chi connectivity index (χ4n) is 1.76. The van der Waals surface area contributed by atoms with Gasteiger partial charge in [0.2, 0.25) is 5.91 Å². The summed E-state index contributed by atoms with van der Waals surface area (Å²) in [6, 6.07) is 7.03. The summed E-state index contributed by atoms with van der Waals surface area (Å²) < 4.78 is 0. The van der Waals surface area contributed by atoms with Crippen LogP contribution in [-0.4, -0.2) is 30.4 Å². The third-order valence-corrected chi connectivity index (χ3v) is 2.95. The van der Waals surface area contributed by atoms with Crippen molar-refractivity contribution in [3.63, 3.8) is 0 Å². The quantitative estimate of drug-likeness (QED) is 0.769. The third-order valence-electron chi connectivity index (χ3n) is 2.95. The minimum absolute atomic E-state index is 0.0236. The molecule has 0 aromatic heterocycles. The number of hydrogen-bond acceptors (Lipinski definition) is 3. The van der Waals surface area contributed by atoms with Gasteiger partial charge in [-0.05, 0) is 45.4 Å². The van der Waals surface area contributed by atoms with E-state index in [4.69, 9.17) is 0 Å². The number of rotatable bonds is 5. The zero-order chi connectivity index (χ0) is 16.0. The van der Waals surface area contributed by atoms with E-state index in [1.807, 2.05) is 39.8 Å². The van der Waals surface area contributed by atoms with E-state index in [0.717, 1.165) is 5.56 Å². The van der Waals surface area contributed by atoms with Gasteiger partial charge in [-0.3, -0.25) is 9.59 Å². The van der Waals surface area contributed by atoms with Gasteiger partial charge < -0.3 is 16.0 Å². The molecule has 2 amide bonds. The molecular formula is C16H25N3O2. The summed E-state index contributed by atoms with van der Waals surface area (Å²) in [5.41, 5.74) is 1.42. The Morgan fingerprint density at radius 3 is 2.19 bits per heavy atom. The van der Waals surface area contributed by atoms with Crippen molar-refractivity contribution < 1.29 is 9.59 Å². The maximum Gasteiger partial charge on any atom is 0.251 e. The molecule has 5 heteroatoms. The Kier molecular flexibility index (Phi) is 5.90. The van der Waals surface area contributed by atoms with Gasteiger partial charge in [-0.2, -0.15) is 0 Å². The molecule has 0 spiro atoms. The summed E-state index contributed by atoms with van der Waals surface area (Å²) in [5, 5.41) is 8.68. The molecule has 1 unspecified atom stereocenters. The summed E-state index contributed by atoms with van der Waals surface area (Å²) in [7, 11) is 1.60. The first kappa shape index (κ1) is 17.2. The molecule has 0 saturated carbocycles. The second-order valence-electron chi connectivity index (χ2n) is 6.12. The third kappa shape index (κ3) is 5.95. The van der Waals surface area contributed by atoms with Crippen LogP contribution in [0.2, 0.25) is 0 Å². The smallest absolute Gasteiger partial charge is 0.251 e. The van der Waals surface area contributed by atoms with Crippen LogP contribution in [-0.2, 0) is 11.3 Å². The van der Waals surface area contributed by atoms with E-state index in [9.17, 15) is 9.59 Å². The van der Waals surface area contributed by atoms with E-state index < -0.39 is 0 Å². The lowest BCUT2D eigenvalue weighted by molar-refractivity contribution is -0.124. The van der Waals surface area contributed by atoms with Crippen LogP contribution in [0.25, 0.3) is 0 Å². The normalized spacial score (nSPS) is 12.6. The number of hydrogen-bond donors (Lipinski definition) is 3. The molecule has 0 aliphatic heterocycles.